The van der Waals surface area contributed by atoms with Gasteiger partial charge >= 0.3 is 0 Å². The Morgan fingerprint density at radius 3 is 1.58 bits per heavy atom. The molecule has 0 amide bonds. The van der Waals surface area contributed by atoms with E-state index in [0.29, 0.717) is 0 Å². The standard InChI is InChI=1S/C8H24N2Si2/c1-3-5-9-11-7-8-12-10-6-4-2/h9-10H,3-8,11-12H2,1-2H3. The van der Waals surface area contributed by atoms with Crippen molar-refractivity contribution in [3.8, 4) is 0 Å². The van der Waals surface area contributed by atoms with Gasteiger partial charge < -0.3 is 9.96 Å². The Hall–Kier alpha value is 0.354. The third-order valence-electron chi connectivity index (χ3n) is 1.81. The molecule has 0 unspecified atom stereocenters. The molecule has 12 heavy (non-hydrogen) atoms. The Labute approximate surface area is 81.7 Å². The average Bonchev–Trinajstić information content (AvgIpc) is 2.10. The molecule has 0 bridgehead atoms. The quantitative estimate of drug-likeness (QED) is 0.408. The van der Waals surface area contributed by atoms with E-state index >= 15 is 0 Å². The fourth-order valence-corrected chi connectivity index (χ4v) is 4.81. The lowest BCUT2D eigenvalue weighted by molar-refractivity contribution is 0.851. The molecule has 2 nitrogen and oxygen atoms in total. The molecule has 4 heteroatoms. The van der Waals surface area contributed by atoms with E-state index in [1.165, 1.54) is 38.0 Å². The number of hydrogen-bond acceptors (Lipinski definition) is 2. The van der Waals surface area contributed by atoms with Gasteiger partial charge in [-0.2, -0.15) is 0 Å². The second-order valence-corrected chi connectivity index (χ2v) is 6.62. The van der Waals surface area contributed by atoms with E-state index in [1.54, 1.807) is 0 Å². The van der Waals surface area contributed by atoms with Gasteiger partial charge in [-0.1, -0.05) is 25.9 Å². The lowest BCUT2D eigenvalue weighted by Gasteiger charge is -2.02. The highest BCUT2D eigenvalue weighted by atomic mass is 28.2. The molecule has 0 aliphatic rings. The normalized spacial score (nSPS) is 12.5. The predicted octanol–water partition coefficient (Wildman–Crippen LogP) is -0.0102. The minimum atomic E-state index is 0.111. The Morgan fingerprint density at radius 1 is 0.833 bits per heavy atom. The molecule has 2 N–H and O–H groups in total. The highest BCUT2D eigenvalue weighted by molar-refractivity contribution is 6.38. The molecule has 0 aromatic carbocycles. The van der Waals surface area contributed by atoms with Crippen molar-refractivity contribution < 1.29 is 0 Å². The summed E-state index contributed by atoms with van der Waals surface area (Å²) in [4.78, 5) is 7.12. The van der Waals surface area contributed by atoms with Crippen molar-refractivity contribution in [2.45, 2.75) is 38.8 Å². The summed E-state index contributed by atoms with van der Waals surface area (Å²) < 4.78 is 0. The van der Waals surface area contributed by atoms with Crippen LogP contribution in [-0.4, -0.2) is 32.5 Å². The van der Waals surface area contributed by atoms with E-state index in [9.17, 15) is 0 Å². The van der Waals surface area contributed by atoms with Gasteiger partial charge in [-0.3, -0.25) is 0 Å². The van der Waals surface area contributed by atoms with Crippen LogP contribution in [0, 0.1) is 0 Å². The zero-order valence-electron chi connectivity index (χ0n) is 8.66. The molecule has 0 spiro atoms. The summed E-state index contributed by atoms with van der Waals surface area (Å²) in [5.41, 5.74) is 0. The maximum absolute atomic E-state index is 3.56. The molecule has 0 atom stereocenters. The average molecular weight is 204 g/mol. The smallest absolute Gasteiger partial charge is 0.0913 e. The van der Waals surface area contributed by atoms with Crippen molar-refractivity contribution in [2.75, 3.05) is 13.1 Å². The summed E-state index contributed by atoms with van der Waals surface area (Å²) in [5.74, 6) is 0. The molecule has 0 heterocycles. The first-order valence-electron chi connectivity index (χ1n) is 5.33. The molecule has 0 rings (SSSR count). The fraction of sp³-hybridized carbons (Fsp3) is 1.00. The minimum Gasteiger partial charge on any atom is -0.342 e. The Morgan fingerprint density at radius 2 is 1.25 bits per heavy atom. The topological polar surface area (TPSA) is 24.1 Å². The van der Waals surface area contributed by atoms with Crippen LogP contribution in [0.1, 0.15) is 26.7 Å². The zero-order chi connectivity index (χ0) is 9.07. The molecule has 0 aliphatic heterocycles. The van der Waals surface area contributed by atoms with Crippen LogP contribution in [0.2, 0.25) is 12.1 Å². The van der Waals surface area contributed by atoms with E-state index in [1.807, 2.05) is 0 Å². The highest BCUT2D eigenvalue weighted by Gasteiger charge is 1.89. The second-order valence-electron chi connectivity index (χ2n) is 3.21. The van der Waals surface area contributed by atoms with Gasteiger partial charge in [0.15, 0.2) is 0 Å². The molecular weight excluding hydrogens is 180 g/mol. The van der Waals surface area contributed by atoms with Gasteiger partial charge in [-0.15, -0.1) is 0 Å². The Bertz CT molecular complexity index is 71.5. The van der Waals surface area contributed by atoms with Crippen LogP contribution >= 0.6 is 0 Å². The molecule has 0 saturated carbocycles. The molecule has 0 saturated heterocycles. The van der Waals surface area contributed by atoms with Crippen molar-refractivity contribution >= 4 is 19.4 Å². The van der Waals surface area contributed by atoms with Crippen molar-refractivity contribution in [3.05, 3.63) is 0 Å². The van der Waals surface area contributed by atoms with Gasteiger partial charge in [-0.05, 0) is 25.9 Å². The maximum atomic E-state index is 3.56. The molecule has 0 aromatic rings. The SMILES string of the molecule is CCCN[SiH2]CC[SiH2]NCCC. The Kier molecular flexibility index (Phi) is 11.7. The van der Waals surface area contributed by atoms with Crippen molar-refractivity contribution in [2.24, 2.45) is 0 Å². The largest absolute Gasteiger partial charge is 0.342 e. The van der Waals surface area contributed by atoms with E-state index in [4.69, 9.17) is 0 Å². The van der Waals surface area contributed by atoms with Crippen LogP contribution < -0.4 is 9.96 Å². The molecule has 0 aliphatic carbocycles. The van der Waals surface area contributed by atoms with Crippen LogP contribution in [0.3, 0.4) is 0 Å². The monoisotopic (exact) mass is 204 g/mol. The summed E-state index contributed by atoms with van der Waals surface area (Å²) >= 11 is 0. The summed E-state index contributed by atoms with van der Waals surface area (Å²) in [7, 11) is 0.222. The van der Waals surface area contributed by atoms with Crippen LogP contribution in [0.4, 0.5) is 0 Å². The lowest BCUT2D eigenvalue weighted by Crippen LogP contribution is -2.23. The van der Waals surface area contributed by atoms with Gasteiger partial charge in [0.25, 0.3) is 0 Å². The lowest BCUT2D eigenvalue weighted by atomic mass is 10.5. The summed E-state index contributed by atoms with van der Waals surface area (Å²) in [6.45, 7) is 6.96. The zero-order valence-corrected chi connectivity index (χ0v) is 11.5. The van der Waals surface area contributed by atoms with Crippen LogP contribution in [0.5, 0.6) is 0 Å². The number of rotatable bonds is 9. The van der Waals surface area contributed by atoms with Gasteiger partial charge in [0.1, 0.15) is 0 Å². The molecule has 0 radical (unpaired) electrons. The first-order chi connectivity index (χ1) is 5.91. The van der Waals surface area contributed by atoms with Crippen LogP contribution in [0.25, 0.3) is 0 Å². The van der Waals surface area contributed by atoms with Gasteiger partial charge in [0.2, 0.25) is 0 Å². The molecule has 0 fully saturated rings. The van der Waals surface area contributed by atoms with Gasteiger partial charge in [0, 0.05) is 0 Å². The predicted molar refractivity (Wildman–Crippen MR) is 63.3 cm³/mol. The first kappa shape index (κ1) is 12.4. The highest BCUT2D eigenvalue weighted by Crippen LogP contribution is 1.84. The second kappa shape index (κ2) is 11.4. The molecular formula is C8H24N2Si2. The summed E-state index contributed by atoms with van der Waals surface area (Å²) in [6, 6.07) is 3.01. The van der Waals surface area contributed by atoms with E-state index in [2.05, 4.69) is 23.8 Å². The van der Waals surface area contributed by atoms with Crippen molar-refractivity contribution in [1.82, 2.24) is 9.96 Å². The van der Waals surface area contributed by atoms with E-state index in [-0.39, 0.29) is 19.4 Å². The van der Waals surface area contributed by atoms with Crippen molar-refractivity contribution in [3.63, 3.8) is 0 Å². The maximum Gasteiger partial charge on any atom is 0.0913 e. The third kappa shape index (κ3) is 10.4. The van der Waals surface area contributed by atoms with Crippen LogP contribution in [0.15, 0.2) is 0 Å². The van der Waals surface area contributed by atoms with Gasteiger partial charge in [-0.25, -0.2) is 0 Å². The van der Waals surface area contributed by atoms with E-state index in [0.717, 1.165) is 0 Å². The van der Waals surface area contributed by atoms with E-state index < -0.39 is 0 Å². The minimum absolute atomic E-state index is 0.111. The number of nitrogens with one attached hydrogen (secondary N) is 2. The number of hydrogen-bond donors (Lipinski definition) is 2. The Balaban J connectivity index is 2.73. The third-order valence-corrected chi connectivity index (χ3v) is 5.93. The summed E-state index contributed by atoms with van der Waals surface area (Å²) in [5, 5.41) is 0. The van der Waals surface area contributed by atoms with Gasteiger partial charge in [0.05, 0.1) is 19.4 Å². The van der Waals surface area contributed by atoms with Crippen LogP contribution in [-0.2, 0) is 0 Å². The summed E-state index contributed by atoms with van der Waals surface area (Å²) in [6.07, 6.45) is 2.58. The fourth-order valence-electron chi connectivity index (χ4n) is 1.10. The molecule has 74 valence electrons. The van der Waals surface area contributed by atoms with Crippen molar-refractivity contribution in [1.29, 1.82) is 0 Å². The molecule has 0 aromatic heterocycles. The first-order valence-corrected chi connectivity index (χ1v) is 8.74.